The van der Waals surface area contributed by atoms with E-state index >= 15 is 0 Å². The molecule has 2 saturated heterocycles. The number of carbonyl (C=O) groups is 8. The Kier molecular flexibility index (Phi) is 18.6. The zero-order valence-corrected chi connectivity index (χ0v) is 30.9. The van der Waals surface area contributed by atoms with Gasteiger partial charge in [-0.2, -0.15) is 0 Å². The van der Waals surface area contributed by atoms with Crippen molar-refractivity contribution in [3.05, 3.63) is 10.4 Å². The number of azide groups is 1. The highest BCUT2D eigenvalue weighted by atomic mass is 16.8. The summed E-state index contributed by atoms with van der Waals surface area (Å²) in [7, 11) is 0. The summed E-state index contributed by atoms with van der Waals surface area (Å²) in [6.07, 6.45) is -14.7. The van der Waals surface area contributed by atoms with Gasteiger partial charge in [-0.05, 0) is 18.4 Å². The Labute approximate surface area is 309 Å². The molecule has 22 heteroatoms. The Morgan fingerprint density at radius 1 is 0.574 bits per heavy atom. The highest BCUT2D eigenvalue weighted by molar-refractivity contribution is 5.76. The molecule has 0 spiro atoms. The van der Waals surface area contributed by atoms with Crippen LogP contribution in [-0.2, 0) is 85.7 Å². The van der Waals surface area contributed by atoms with Gasteiger partial charge in [-0.25, -0.2) is 0 Å². The minimum Gasteiger partial charge on any atom is -0.463 e. The molecule has 2 fully saturated rings. The van der Waals surface area contributed by atoms with Crippen LogP contribution in [0, 0.1) is 0 Å². The second kappa shape index (κ2) is 22.2. The molecule has 1 amide bonds. The van der Waals surface area contributed by atoms with E-state index < -0.39 is 122 Å². The molecule has 2 heterocycles. The molecule has 1 N–H and O–H groups in total. The van der Waals surface area contributed by atoms with Crippen molar-refractivity contribution in [2.45, 2.75) is 135 Å². The minimum absolute atomic E-state index is 0.0412. The van der Waals surface area contributed by atoms with Crippen molar-refractivity contribution >= 4 is 47.7 Å². The Balaban J connectivity index is 2.65. The highest BCUT2D eigenvalue weighted by Gasteiger charge is 2.57. The lowest BCUT2D eigenvalue weighted by Crippen LogP contribution is -2.68. The number of hydrogen-bond donors (Lipinski definition) is 1. The number of nitrogens with zero attached hydrogens (tertiary/aromatic N) is 3. The average molecular weight is 775 g/mol. The Morgan fingerprint density at radius 2 is 1.04 bits per heavy atom. The molecular weight excluding hydrogens is 728 g/mol. The van der Waals surface area contributed by atoms with E-state index in [1.807, 2.05) is 0 Å². The van der Waals surface area contributed by atoms with Gasteiger partial charge >= 0.3 is 41.8 Å². The molecule has 0 aliphatic carbocycles. The predicted molar refractivity (Wildman–Crippen MR) is 174 cm³/mol. The molecule has 2 aliphatic rings. The van der Waals surface area contributed by atoms with Gasteiger partial charge in [-0.1, -0.05) is 11.5 Å². The van der Waals surface area contributed by atoms with Gasteiger partial charge < -0.3 is 52.7 Å². The first kappa shape index (κ1) is 45.1. The summed E-state index contributed by atoms with van der Waals surface area (Å²) >= 11 is 0. The molecule has 2 rings (SSSR count). The average Bonchev–Trinajstić information content (AvgIpc) is 3.05. The van der Waals surface area contributed by atoms with E-state index in [2.05, 4.69) is 15.3 Å². The first-order chi connectivity index (χ1) is 25.4. The lowest BCUT2D eigenvalue weighted by atomic mass is 9.95. The lowest BCUT2D eigenvalue weighted by Gasteiger charge is -2.48. The number of amides is 1. The molecule has 10 atom stereocenters. The van der Waals surface area contributed by atoms with Gasteiger partial charge in [0.15, 0.2) is 43.0 Å². The molecule has 0 aromatic carbocycles. The summed E-state index contributed by atoms with van der Waals surface area (Å²) in [5.41, 5.74) is 8.44. The van der Waals surface area contributed by atoms with Crippen LogP contribution >= 0.6 is 0 Å². The van der Waals surface area contributed by atoms with Gasteiger partial charge in [-0.3, -0.25) is 38.4 Å². The molecule has 302 valence electrons. The van der Waals surface area contributed by atoms with Crippen molar-refractivity contribution in [3.63, 3.8) is 0 Å². The fourth-order valence-corrected chi connectivity index (χ4v) is 5.55. The number of ether oxygens (including phenoxy) is 10. The third kappa shape index (κ3) is 15.1. The van der Waals surface area contributed by atoms with E-state index in [4.69, 9.17) is 52.9 Å². The van der Waals surface area contributed by atoms with E-state index in [-0.39, 0.29) is 13.0 Å². The molecular formula is C32H46N4O18. The van der Waals surface area contributed by atoms with Crippen LogP contribution < -0.4 is 5.32 Å². The third-order valence-corrected chi connectivity index (χ3v) is 7.46. The first-order valence-corrected chi connectivity index (χ1v) is 16.8. The first-order valence-electron chi connectivity index (χ1n) is 16.8. The summed E-state index contributed by atoms with van der Waals surface area (Å²) in [6.45, 7) is 6.33. The second-order valence-electron chi connectivity index (χ2n) is 12.0. The zero-order valence-electron chi connectivity index (χ0n) is 30.9. The SMILES string of the molecule is CC(=O)OC[C@H]1O[C@@H](O[C@H]2[C@H](OC(C)=O)[C@@H](OC(C)=O)[C@H](NC(=O)CCCCCN=[N+]=[N-])O[C@@H]2COC(C)=O)[C@H](OC(C)=O)[C@@H](OC(C)=O)[C@H]1OC(C)=O. The van der Waals surface area contributed by atoms with Gasteiger partial charge in [0.05, 0.1) is 0 Å². The van der Waals surface area contributed by atoms with E-state index in [0.29, 0.717) is 19.3 Å². The molecule has 2 aliphatic heterocycles. The van der Waals surface area contributed by atoms with E-state index in [9.17, 15) is 38.4 Å². The van der Waals surface area contributed by atoms with Crippen LogP contribution in [0.4, 0.5) is 0 Å². The van der Waals surface area contributed by atoms with Crippen LogP contribution in [0.2, 0.25) is 0 Å². The third-order valence-electron chi connectivity index (χ3n) is 7.46. The summed E-state index contributed by atoms with van der Waals surface area (Å²) in [5, 5.41) is 6.02. The molecule has 0 aromatic heterocycles. The van der Waals surface area contributed by atoms with E-state index in [0.717, 1.165) is 48.5 Å². The molecule has 0 saturated carbocycles. The molecule has 0 radical (unpaired) electrons. The summed E-state index contributed by atoms with van der Waals surface area (Å²) in [6, 6.07) is 0. The standard InChI is InChI=1S/C32H46N4O18/c1-15(37)45-13-22-26(27(48-18(4)40)29(50-20(6)42)31(52-22)35-24(44)11-9-8-10-12-34-36-33)54-32-30(51-21(7)43)28(49-19(5)41)25(47-17(3)39)23(53-32)14-46-16(2)38/h22-23,25-32H,8-14H2,1-7H3,(H,35,44)/t22-,23-,25+,26-,27+,28+,29-,30-,31-,32+/m1/s1. The van der Waals surface area contributed by atoms with Gasteiger partial charge in [0.2, 0.25) is 5.91 Å². The maximum Gasteiger partial charge on any atom is 0.303 e. The number of carbonyl (C=O) groups excluding carboxylic acids is 8. The van der Waals surface area contributed by atoms with Crippen LogP contribution in [0.15, 0.2) is 5.11 Å². The van der Waals surface area contributed by atoms with Crippen molar-refractivity contribution in [2.24, 2.45) is 5.11 Å². The number of nitrogens with one attached hydrogen (secondary N) is 1. The van der Waals surface area contributed by atoms with Gasteiger partial charge in [0, 0.05) is 66.3 Å². The smallest absolute Gasteiger partial charge is 0.303 e. The second-order valence-corrected chi connectivity index (χ2v) is 12.0. The fraction of sp³-hybridized carbons (Fsp3) is 0.750. The number of hydrogen-bond acceptors (Lipinski definition) is 19. The quantitative estimate of drug-likeness (QED) is 0.0498. The zero-order chi connectivity index (χ0) is 40.5. The summed E-state index contributed by atoms with van der Waals surface area (Å²) in [4.78, 5) is 101. The summed E-state index contributed by atoms with van der Waals surface area (Å²) in [5.74, 6) is -6.70. The number of esters is 7. The Morgan fingerprint density at radius 3 is 1.54 bits per heavy atom. The Hall–Kier alpha value is -5.05. The van der Waals surface area contributed by atoms with Crippen molar-refractivity contribution in [1.82, 2.24) is 5.32 Å². The van der Waals surface area contributed by atoms with E-state index in [1.165, 1.54) is 0 Å². The van der Waals surface area contributed by atoms with Crippen molar-refractivity contribution in [3.8, 4) is 0 Å². The number of unbranched alkanes of at least 4 members (excludes halogenated alkanes) is 2. The number of rotatable bonds is 18. The van der Waals surface area contributed by atoms with Crippen LogP contribution in [0.25, 0.3) is 10.4 Å². The monoisotopic (exact) mass is 774 g/mol. The highest BCUT2D eigenvalue weighted by Crippen LogP contribution is 2.35. The maximum absolute atomic E-state index is 13.0. The minimum atomic E-state index is -1.84. The largest absolute Gasteiger partial charge is 0.463 e. The van der Waals surface area contributed by atoms with Crippen molar-refractivity contribution < 1.29 is 85.7 Å². The lowest BCUT2D eigenvalue weighted by molar-refractivity contribution is -0.345. The Bertz CT molecular complexity index is 1420. The van der Waals surface area contributed by atoms with E-state index in [1.54, 1.807) is 0 Å². The van der Waals surface area contributed by atoms with Crippen molar-refractivity contribution in [1.29, 1.82) is 0 Å². The van der Waals surface area contributed by atoms with Crippen LogP contribution in [0.1, 0.15) is 74.1 Å². The van der Waals surface area contributed by atoms with Gasteiger partial charge in [0.1, 0.15) is 31.5 Å². The molecule has 0 bridgehead atoms. The molecule has 54 heavy (non-hydrogen) atoms. The maximum atomic E-state index is 13.0. The fourth-order valence-electron chi connectivity index (χ4n) is 5.55. The predicted octanol–water partition coefficient (Wildman–Crippen LogP) is 0.593. The van der Waals surface area contributed by atoms with Crippen LogP contribution in [0.5, 0.6) is 0 Å². The molecule has 0 unspecified atom stereocenters. The van der Waals surface area contributed by atoms with Gasteiger partial charge in [0.25, 0.3) is 0 Å². The van der Waals surface area contributed by atoms with Crippen LogP contribution in [0.3, 0.4) is 0 Å². The van der Waals surface area contributed by atoms with Crippen LogP contribution in [-0.4, -0.2) is 129 Å². The summed E-state index contributed by atoms with van der Waals surface area (Å²) < 4.78 is 56.1. The normalized spacial score (nSPS) is 27.5. The molecule has 22 nitrogen and oxygen atoms in total. The van der Waals surface area contributed by atoms with Crippen molar-refractivity contribution in [2.75, 3.05) is 19.8 Å². The molecule has 0 aromatic rings. The topological polar surface area (TPSA) is 290 Å². The van der Waals surface area contributed by atoms with Gasteiger partial charge in [-0.15, -0.1) is 0 Å².